The number of aliphatic hydroxyl groups excluding tert-OH is 2. The fourth-order valence-corrected chi connectivity index (χ4v) is 2.85. The van der Waals surface area contributed by atoms with E-state index in [9.17, 15) is 36.6 Å². The summed E-state index contributed by atoms with van der Waals surface area (Å²) in [6, 6.07) is 0. The van der Waals surface area contributed by atoms with E-state index in [1.54, 1.807) is 0 Å². The van der Waals surface area contributed by atoms with Crippen molar-refractivity contribution in [3.63, 3.8) is 0 Å². The van der Waals surface area contributed by atoms with E-state index in [1.165, 1.54) is 0 Å². The van der Waals surface area contributed by atoms with Crippen molar-refractivity contribution < 1.29 is 36.6 Å². The summed E-state index contributed by atoms with van der Waals surface area (Å²) in [7, 11) is 0. The van der Waals surface area contributed by atoms with Crippen LogP contribution in [0.1, 0.15) is 12.8 Å². The molecule has 0 fully saturated rings. The highest BCUT2D eigenvalue weighted by Gasteiger charge is 2.74. The molecule has 0 unspecified atom stereocenters. The Hall–Kier alpha value is -2.52. The van der Waals surface area contributed by atoms with Gasteiger partial charge in [0.2, 0.25) is 5.41 Å². The molecule has 0 aromatic heterocycles. The summed E-state index contributed by atoms with van der Waals surface area (Å²) in [4.78, 5) is 0. The van der Waals surface area contributed by atoms with Crippen LogP contribution in [0.3, 0.4) is 0 Å². The first-order chi connectivity index (χ1) is 11.3. The second kappa shape index (κ2) is 5.78. The fourth-order valence-electron chi connectivity index (χ4n) is 2.85. The molecule has 0 aliphatic heterocycles. The summed E-state index contributed by atoms with van der Waals surface area (Å²) < 4.78 is 82.7. The SMILES string of the molecule is N=C1CC(C(C2=CC=C(O)C(=N)C2)(C(F)(F)F)C(F)(F)F)=CC=C1O. The molecule has 10 heteroatoms. The third kappa shape index (κ3) is 2.85. The van der Waals surface area contributed by atoms with Crippen molar-refractivity contribution in [2.24, 2.45) is 5.41 Å². The van der Waals surface area contributed by atoms with Crippen molar-refractivity contribution in [3.05, 3.63) is 47.0 Å². The Labute approximate surface area is 137 Å². The van der Waals surface area contributed by atoms with E-state index in [-0.39, 0.29) is 0 Å². The molecular formula is C15H12F6N2O2. The molecule has 0 aromatic rings. The zero-order valence-electron chi connectivity index (χ0n) is 12.4. The maximum Gasteiger partial charge on any atom is 0.410 e. The monoisotopic (exact) mass is 366 g/mol. The van der Waals surface area contributed by atoms with Gasteiger partial charge in [0, 0.05) is 12.8 Å². The van der Waals surface area contributed by atoms with Gasteiger partial charge in [-0.1, -0.05) is 12.2 Å². The molecule has 4 N–H and O–H groups in total. The van der Waals surface area contributed by atoms with Crippen LogP contribution in [0, 0.1) is 16.2 Å². The van der Waals surface area contributed by atoms with Gasteiger partial charge in [0.05, 0.1) is 11.4 Å². The number of halogens is 6. The lowest BCUT2D eigenvalue weighted by Crippen LogP contribution is -2.54. The number of nitrogens with one attached hydrogen (secondary N) is 2. The maximum atomic E-state index is 13.8. The van der Waals surface area contributed by atoms with Gasteiger partial charge in [-0.05, 0) is 23.3 Å². The highest BCUT2D eigenvalue weighted by Crippen LogP contribution is 2.61. The fraction of sp³-hybridized carbons (Fsp3) is 0.333. The van der Waals surface area contributed by atoms with Crippen LogP contribution in [0.15, 0.2) is 47.0 Å². The topological polar surface area (TPSA) is 88.2 Å². The largest absolute Gasteiger partial charge is 0.506 e. The zero-order valence-corrected chi connectivity index (χ0v) is 12.4. The first-order valence-electron chi connectivity index (χ1n) is 6.82. The third-order valence-electron chi connectivity index (χ3n) is 4.05. The van der Waals surface area contributed by atoms with Gasteiger partial charge in [-0.3, -0.25) is 0 Å². The molecule has 0 bridgehead atoms. The summed E-state index contributed by atoms with van der Waals surface area (Å²) in [5.74, 6) is -1.44. The predicted molar refractivity (Wildman–Crippen MR) is 76.8 cm³/mol. The zero-order chi connectivity index (χ0) is 19.2. The van der Waals surface area contributed by atoms with E-state index in [2.05, 4.69) is 0 Å². The molecular weight excluding hydrogens is 354 g/mol. The Balaban J connectivity index is 2.81. The molecule has 0 saturated heterocycles. The molecule has 136 valence electrons. The van der Waals surface area contributed by atoms with Crippen LogP contribution in [0.5, 0.6) is 0 Å². The molecule has 0 spiro atoms. The van der Waals surface area contributed by atoms with E-state index in [4.69, 9.17) is 10.8 Å². The van der Waals surface area contributed by atoms with Crippen molar-refractivity contribution in [1.29, 1.82) is 10.8 Å². The smallest absolute Gasteiger partial charge is 0.410 e. The average Bonchev–Trinajstić information content (AvgIpc) is 2.44. The molecule has 4 nitrogen and oxygen atoms in total. The maximum absolute atomic E-state index is 13.8. The minimum absolute atomic E-state index is 0.497. The second-order valence-electron chi connectivity index (χ2n) is 5.54. The van der Waals surface area contributed by atoms with E-state index >= 15 is 0 Å². The first kappa shape index (κ1) is 18.8. The number of hydrogen-bond acceptors (Lipinski definition) is 4. The lowest BCUT2D eigenvalue weighted by Gasteiger charge is -2.42. The third-order valence-corrected chi connectivity index (χ3v) is 4.05. The summed E-state index contributed by atoms with van der Waals surface area (Å²) in [5.41, 5.74) is -8.33. The van der Waals surface area contributed by atoms with Crippen LogP contribution in [-0.2, 0) is 0 Å². The van der Waals surface area contributed by atoms with Crippen LogP contribution in [-0.4, -0.2) is 34.0 Å². The molecule has 2 aliphatic rings. The molecule has 0 amide bonds. The molecule has 0 aromatic carbocycles. The lowest BCUT2D eigenvalue weighted by molar-refractivity contribution is -0.311. The first-order valence-corrected chi connectivity index (χ1v) is 6.82. The van der Waals surface area contributed by atoms with Crippen molar-refractivity contribution >= 4 is 11.4 Å². The van der Waals surface area contributed by atoms with Crippen LogP contribution in [0.2, 0.25) is 0 Å². The van der Waals surface area contributed by atoms with Gasteiger partial charge in [-0.25, -0.2) is 0 Å². The van der Waals surface area contributed by atoms with Gasteiger partial charge in [0.1, 0.15) is 11.5 Å². The van der Waals surface area contributed by atoms with Crippen molar-refractivity contribution in [2.75, 3.05) is 0 Å². The van der Waals surface area contributed by atoms with Crippen LogP contribution < -0.4 is 0 Å². The Kier molecular flexibility index (Phi) is 4.35. The molecule has 0 saturated carbocycles. The molecule has 0 atom stereocenters. The second-order valence-corrected chi connectivity index (χ2v) is 5.54. The Morgan fingerprint density at radius 2 is 1.00 bits per heavy atom. The Bertz CT molecular complexity index is 689. The lowest BCUT2D eigenvalue weighted by atomic mass is 9.67. The van der Waals surface area contributed by atoms with Gasteiger partial charge < -0.3 is 21.0 Å². The molecule has 2 rings (SSSR count). The number of allylic oxidation sites excluding steroid dienone is 8. The highest BCUT2D eigenvalue weighted by atomic mass is 19.4. The van der Waals surface area contributed by atoms with Gasteiger partial charge in [0.25, 0.3) is 0 Å². The summed E-state index contributed by atoms with van der Waals surface area (Å²) in [6.07, 6.45) is -11.5. The quantitative estimate of drug-likeness (QED) is 0.535. The Morgan fingerprint density at radius 3 is 1.24 bits per heavy atom. The van der Waals surface area contributed by atoms with Crippen molar-refractivity contribution in [1.82, 2.24) is 0 Å². The standard InChI is InChI=1S/C15H12F6N2O2/c16-14(17,18)13(15(19,20)21,7-1-3-11(24)9(22)5-7)8-2-4-12(25)10(23)6-8/h1-4,22-25H,5-6H2. The number of aliphatic hydroxyl groups is 2. The predicted octanol–water partition coefficient (Wildman–Crippen LogP) is 4.68. The van der Waals surface area contributed by atoms with E-state index in [0.717, 1.165) is 0 Å². The number of hydrogen-bond donors (Lipinski definition) is 4. The normalized spacial score (nSPS) is 19.9. The highest BCUT2D eigenvalue weighted by molar-refractivity contribution is 6.00. The van der Waals surface area contributed by atoms with Gasteiger partial charge >= 0.3 is 12.4 Å². The van der Waals surface area contributed by atoms with Crippen LogP contribution in [0.4, 0.5) is 26.3 Å². The van der Waals surface area contributed by atoms with E-state index < -0.39 is 64.7 Å². The molecule has 25 heavy (non-hydrogen) atoms. The van der Waals surface area contributed by atoms with Gasteiger partial charge in [0.15, 0.2) is 0 Å². The van der Waals surface area contributed by atoms with Crippen LogP contribution >= 0.6 is 0 Å². The minimum Gasteiger partial charge on any atom is -0.506 e. The number of alkyl halides is 6. The number of rotatable bonds is 2. The average molecular weight is 366 g/mol. The van der Waals surface area contributed by atoms with E-state index in [0.29, 0.717) is 24.3 Å². The van der Waals surface area contributed by atoms with Gasteiger partial charge in [-0.15, -0.1) is 0 Å². The summed E-state index contributed by atoms with van der Waals surface area (Å²) >= 11 is 0. The minimum atomic E-state index is -5.81. The Morgan fingerprint density at radius 1 is 0.680 bits per heavy atom. The van der Waals surface area contributed by atoms with Crippen molar-refractivity contribution in [3.8, 4) is 0 Å². The molecule has 0 heterocycles. The molecule has 2 aliphatic carbocycles. The summed E-state index contributed by atoms with van der Waals surface area (Å²) in [5, 5.41) is 33.4. The van der Waals surface area contributed by atoms with Gasteiger partial charge in [-0.2, -0.15) is 26.3 Å². The van der Waals surface area contributed by atoms with Crippen molar-refractivity contribution in [2.45, 2.75) is 25.2 Å². The van der Waals surface area contributed by atoms with Crippen LogP contribution in [0.25, 0.3) is 0 Å². The summed E-state index contributed by atoms with van der Waals surface area (Å²) in [6.45, 7) is 0. The molecule has 0 radical (unpaired) electrons. The van der Waals surface area contributed by atoms with E-state index in [1.807, 2.05) is 0 Å².